The van der Waals surface area contributed by atoms with Crippen LogP contribution in [-0.4, -0.2) is 37.2 Å². The summed E-state index contributed by atoms with van der Waals surface area (Å²) in [6.07, 6.45) is 84.4. The zero-order valence-corrected chi connectivity index (χ0v) is 52.5. The molecule has 456 valence electrons. The largest absolute Gasteiger partial charge is 0.462 e. The monoisotopic (exact) mass is 1090 g/mol. The molecule has 0 aliphatic heterocycles. The van der Waals surface area contributed by atoms with Gasteiger partial charge in [-0.15, -0.1) is 0 Å². The highest BCUT2D eigenvalue weighted by molar-refractivity contribution is 5.71. The average molecular weight is 1090 g/mol. The van der Waals surface area contributed by atoms with Gasteiger partial charge in [-0.3, -0.25) is 14.4 Å². The maximum atomic E-state index is 12.9. The van der Waals surface area contributed by atoms with Crippen LogP contribution in [0.1, 0.15) is 374 Å². The molecule has 6 nitrogen and oxygen atoms in total. The summed E-state index contributed by atoms with van der Waals surface area (Å²) in [5.74, 6) is -0.859. The fraction of sp³-hybridized carbons (Fsp3) is 0.847. The first kappa shape index (κ1) is 75.4. The fourth-order valence-electron chi connectivity index (χ4n) is 10.3. The van der Waals surface area contributed by atoms with E-state index in [0.29, 0.717) is 19.3 Å². The Hall–Kier alpha value is -2.63. The van der Waals surface area contributed by atoms with Gasteiger partial charge in [-0.1, -0.05) is 326 Å². The van der Waals surface area contributed by atoms with Crippen LogP contribution in [0.15, 0.2) is 48.6 Å². The molecule has 1 atom stereocenters. The van der Waals surface area contributed by atoms with Crippen LogP contribution in [0.4, 0.5) is 0 Å². The highest BCUT2D eigenvalue weighted by Gasteiger charge is 2.19. The molecule has 0 N–H and O–H groups in total. The molecule has 0 saturated carbocycles. The summed E-state index contributed by atoms with van der Waals surface area (Å²) in [6.45, 7) is 6.62. The van der Waals surface area contributed by atoms with E-state index in [-0.39, 0.29) is 31.1 Å². The first-order chi connectivity index (χ1) is 38.5. The van der Waals surface area contributed by atoms with Crippen molar-refractivity contribution in [2.75, 3.05) is 13.2 Å². The molecule has 0 aromatic rings. The Morgan fingerprint density at radius 3 is 0.782 bits per heavy atom. The standard InChI is InChI=1S/C72H132O6/c1-4-7-10-13-16-19-22-24-26-28-30-32-33-34-35-36-37-38-39-41-42-44-46-48-50-53-56-59-62-65-71(74)77-68-69(67-76-70(73)64-61-58-55-52-21-18-15-12-9-6-3)78-72(75)66-63-60-57-54-51-49-47-45-43-40-31-29-27-25-23-20-17-14-11-8-5-2/h12,15,22,24,28,30,33-34,69H,4-11,13-14,16-21,23,25-27,29,31-32,35-68H2,1-3H3/b15-12-,24-22-,30-28-,34-33-. The third kappa shape index (κ3) is 64.2. The molecular formula is C72H132O6. The van der Waals surface area contributed by atoms with E-state index in [9.17, 15) is 14.4 Å². The summed E-state index contributed by atoms with van der Waals surface area (Å²) in [6, 6.07) is 0. The van der Waals surface area contributed by atoms with Crippen molar-refractivity contribution in [3.05, 3.63) is 48.6 Å². The molecule has 1 unspecified atom stereocenters. The smallest absolute Gasteiger partial charge is 0.306 e. The molecule has 0 fully saturated rings. The van der Waals surface area contributed by atoms with E-state index in [1.54, 1.807) is 0 Å². The SMILES string of the molecule is CCC/C=C\CCCCCCCC(=O)OCC(COC(=O)CCCCCCCCCCCCCCCC/C=C\C/C=C\C/C=C\CCCCCCC)OC(=O)CCCCCCCCCCCCCCCCCCCCCCC. The molecule has 0 spiro atoms. The van der Waals surface area contributed by atoms with Gasteiger partial charge in [-0.2, -0.15) is 0 Å². The highest BCUT2D eigenvalue weighted by atomic mass is 16.6. The second kappa shape index (κ2) is 66.9. The van der Waals surface area contributed by atoms with Gasteiger partial charge in [0.25, 0.3) is 0 Å². The van der Waals surface area contributed by atoms with Gasteiger partial charge in [0.05, 0.1) is 0 Å². The number of unbranched alkanes of at least 4 members (excludes halogenated alkanes) is 45. The van der Waals surface area contributed by atoms with E-state index in [4.69, 9.17) is 14.2 Å². The Bertz CT molecular complexity index is 1350. The Labute approximate surface area is 486 Å². The number of carbonyl (C=O) groups excluding carboxylic acids is 3. The van der Waals surface area contributed by atoms with Crippen molar-refractivity contribution in [2.24, 2.45) is 0 Å². The number of allylic oxidation sites excluding steroid dienone is 8. The van der Waals surface area contributed by atoms with Gasteiger partial charge >= 0.3 is 17.9 Å². The van der Waals surface area contributed by atoms with Crippen molar-refractivity contribution in [3.8, 4) is 0 Å². The van der Waals surface area contributed by atoms with E-state index < -0.39 is 6.10 Å². The summed E-state index contributed by atoms with van der Waals surface area (Å²) in [5, 5.41) is 0. The van der Waals surface area contributed by atoms with Crippen LogP contribution >= 0.6 is 0 Å². The Balaban J connectivity index is 4.14. The second-order valence-corrected chi connectivity index (χ2v) is 23.4. The van der Waals surface area contributed by atoms with Crippen LogP contribution in [0.25, 0.3) is 0 Å². The molecule has 0 aliphatic carbocycles. The number of rotatable bonds is 64. The van der Waals surface area contributed by atoms with Gasteiger partial charge in [-0.05, 0) is 77.0 Å². The van der Waals surface area contributed by atoms with Crippen LogP contribution in [0.2, 0.25) is 0 Å². The van der Waals surface area contributed by atoms with E-state index in [2.05, 4.69) is 69.4 Å². The number of hydrogen-bond donors (Lipinski definition) is 0. The Kier molecular flexibility index (Phi) is 64.6. The summed E-state index contributed by atoms with van der Waals surface area (Å²) in [5.41, 5.74) is 0. The molecule has 0 aromatic carbocycles. The number of esters is 3. The van der Waals surface area contributed by atoms with Crippen LogP contribution in [0.3, 0.4) is 0 Å². The maximum absolute atomic E-state index is 12.9. The fourth-order valence-corrected chi connectivity index (χ4v) is 10.3. The van der Waals surface area contributed by atoms with Crippen LogP contribution in [0.5, 0.6) is 0 Å². The van der Waals surface area contributed by atoms with Crippen molar-refractivity contribution in [1.82, 2.24) is 0 Å². The lowest BCUT2D eigenvalue weighted by Crippen LogP contribution is -2.30. The molecule has 0 saturated heterocycles. The normalized spacial score (nSPS) is 12.3. The first-order valence-electron chi connectivity index (χ1n) is 34.6. The molecule has 0 radical (unpaired) electrons. The summed E-state index contributed by atoms with van der Waals surface area (Å²) in [7, 11) is 0. The van der Waals surface area contributed by atoms with Gasteiger partial charge in [0.2, 0.25) is 0 Å². The van der Waals surface area contributed by atoms with Gasteiger partial charge in [0.1, 0.15) is 13.2 Å². The van der Waals surface area contributed by atoms with E-state index in [1.165, 1.54) is 250 Å². The second-order valence-electron chi connectivity index (χ2n) is 23.4. The predicted molar refractivity (Wildman–Crippen MR) is 339 cm³/mol. The average Bonchev–Trinajstić information content (AvgIpc) is 3.44. The highest BCUT2D eigenvalue weighted by Crippen LogP contribution is 2.18. The molecule has 0 rings (SSSR count). The lowest BCUT2D eigenvalue weighted by Gasteiger charge is -2.18. The first-order valence-corrected chi connectivity index (χ1v) is 34.6. The van der Waals surface area contributed by atoms with Crippen molar-refractivity contribution < 1.29 is 28.6 Å². The van der Waals surface area contributed by atoms with E-state index >= 15 is 0 Å². The third-order valence-electron chi connectivity index (χ3n) is 15.5. The zero-order chi connectivity index (χ0) is 56.4. The number of ether oxygens (including phenoxy) is 3. The number of hydrogen-bond acceptors (Lipinski definition) is 6. The quantitative estimate of drug-likeness (QED) is 0.0261. The molecule has 0 aliphatic rings. The van der Waals surface area contributed by atoms with Crippen molar-refractivity contribution in [1.29, 1.82) is 0 Å². The summed E-state index contributed by atoms with van der Waals surface area (Å²) in [4.78, 5) is 38.3. The summed E-state index contributed by atoms with van der Waals surface area (Å²) >= 11 is 0. The van der Waals surface area contributed by atoms with Crippen molar-refractivity contribution in [3.63, 3.8) is 0 Å². The van der Waals surface area contributed by atoms with Gasteiger partial charge in [-0.25, -0.2) is 0 Å². The predicted octanol–water partition coefficient (Wildman–Crippen LogP) is 23.7. The minimum Gasteiger partial charge on any atom is -0.462 e. The molecule has 78 heavy (non-hydrogen) atoms. The van der Waals surface area contributed by atoms with Crippen LogP contribution in [-0.2, 0) is 28.6 Å². The minimum absolute atomic E-state index is 0.0717. The molecular weight excluding hydrogens is 961 g/mol. The minimum atomic E-state index is -0.774. The molecule has 0 bridgehead atoms. The van der Waals surface area contributed by atoms with Crippen molar-refractivity contribution in [2.45, 2.75) is 380 Å². The number of carbonyl (C=O) groups is 3. The maximum Gasteiger partial charge on any atom is 0.306 e. The summed E-state index contributed by atoms with van der Waals surface area (Å²) < 4.78 is 16.9. The van der Waals surface area contributed by atoms with E-state index in [0.717, 1.165) is 83.5 Å². The van der Waals surface area contributed by atoms with Gasteiger partial charge in [0.15, 0.2) is 6.10 Å². The lowest BCUT2D eigenvalue weighted by molar-refractivity contribution is -0.167. The molecule has 0 aromatic heterocycles. The lowest BCUT2D eigenvalue weighted by atomic mass is 10.0. The molecule has 0 amide bonds. The van der Waals surface area contributed by atoms with Gasteiger partial charge in [0, 0.05) is 19.3 Å². The molecule has 0 heterocycles. The van der Waals surface area contributed by atoms with Gasteiger partial charge < -0.3 is 14.2 Å². The zero-order valence-electron chi connectivity index (χ0n) is 52.5. The van der Waals surface area contributed by atoms with Crippen LogP contribution in [0, 0.1) is 0 Å². The third-order valence-corrected chi connectivity index (χ3v) is 15.5. The topological polar surface area (TPSA) is 78.9 Å². The Morgan fingerprint density at radius 1 is 0.256 bits per heavy atom. The molecule has 6 heteroatoms. The van der Waals surface area contributed by atoms with Crippen molar-refractivity contribution >= 4 is 17.9 Å². The van der Waals surface area contributed by atoms with E-state index in [1.807, 2.05) is 0 Å². The Morgan fingerprint density at radius 2 is 0.487 bits per heavy atom. The van der Waals surface area contributed by atoms with Crippen LogP contribution < -0.4 is 0 Å².